The summed E-state index contributed by atoms with van der Waals surface area (Å²) in [6.07, 6.45) is 2.23. The predicted octanol–water partition coefficient (Wildman–Crippen LogP) is 1.80. The first-order valence-electron chi connectivity index (χ1n) is 6.41. The molecule has 0 saturated carbocycles. The molecule has 0 unspecified atom stereocenters. The van der Waals surface area contributed by atoms with Gasteiger partial charge in [0.25, 0.3) is 0 Å². The zero-order valence-electron chi connectivity index (χ0n) is 10.6. The second kappa shape index (κ2) is 6.03. The van der Waals surface area contributed by atoms with E-state index in [1.165, 1.54) is 5.56 Å². The minimum atomic E-state index is 0.407. The highest BCUT2D eigenvalue weighted by molar-refractivity contribution is 5.26. The van der Waals surface area contributed by atoms with Crippen molar-refractivity contribution in [3.05, 3.63) is 29.8 Å². The molecular formula is C14H22N2O. The molecule has 1 aliphatic heterocycles. The SMILES string of the molecule is Cc1ccc(OCCN2CCC(N)CC2)cc1. The molecular weight excluding hydrogens is 212 g/mol. The van der Waals surface area contributed by atoms with Crippen LogP contribution in [0.15, 0.2) is 24.3 Å². The standard InChI is InChI=1S/C14H22N2O/c1-12-2-4-14(5-3-12)17-11-10-16-8-6-13(15)7-9-16/h2-5,13H,6-11,15H2,1H3. The summed E-state index contributed by atoms with van der Waals surface area (Å²) in [7, 11) is 0. The first-order valence-corrected chi connectivity index (χ1v) is 6.41. The number of nitrogens with two attached hydrogens (primary N) is 1. The van der Waals surface area contributed by atoms with Crippen molar-refractivity contribution in [2.45, 2.75) is 25.8 Å². The van der Waals surface area contributed by atoms with Gasteiger partial charge in [-0.15, -0.1) is 0 Å². The van der Waals surface area contributed by atoms with Crippen LogP contribution in [0.2, 0.25) is 0 Å². The molecule has 1 aromatic carbocycles. The molecule has 17 heavy (non-hydrogen) atoms. The van der Waals surface area contributed by atoms with Crippen molar-refractivity contribution in [3.8, 4) is 5.75 Å². The van der Waals surface area contributed by atoms with Gasteiger partial charge in [-0.1, -0.05) is 17.7 Å². The Morgan fingerprint density at radius 2 is 1.88 bits per heavy atom. The third-order valence-electron chi connectivity index (χ3n) is 3.33. The zero-order valence-corrected chi connectivity index (χ0v) is 10.6. The second-order valence-corrected chi connectivity index (χ2v) is 4.84. The van der Waals surface area contributed by atoms with Gasteiger partial charge in [0.05, 0.1) is 0 Å². The van der Waals surface area contributed by atoms with E-state index in [1.807, 2.05) is 12.1 Å². The molecule has 0 aromatic heterocycles. The molecule has 0 atom stereocenters. The van der Waals surface area contributed by atoms with Gasteiger partial charge in [0.1, 0.15) is 12.4 Å². The third-order valence-corrected chi connectivity index (χ3v) is 3.33. The molecule has 2 N–H and O–H groups in total. The normalized spacial score (nSPS) is 18.2. The molecule has 3 heteroatoms. The van der Waals surface area contributed by atoms with Crippen LogP contribution in [0.3, 0.4) is 0 Å². The largest absolute Gasteiger partial charge is 0.492 e. The van der Waals surface area contributed by atoms with Crippen LogP contribution < -0.4 is 10.5 Å². The smallest absolute Gasteiger partial charge is 0.119 e. The fraction of sp³-hybridized carbons (Fsp3) is 0.571. The van der Waals surface area contributed by atoms with Gasteiger partial charge >= 0.3 is 0 Å². The zero-order chi connectivity index (χ0) is 12.1. The Balaban J connectivity index is 1.67. The Labute approximate surface area is 104 Å². The maximum atomic E-state index is 5.87. The van der Waals surface area contributed by atoms with E-state index in [0.29, 0.717) is 6.04 Å². The highest BCUT2D eigenvalue weighted by Gasteiger charge is 2.15. The molecule has 1 heterocycles. The van der Waals surface area contributed by atoms with Gasteiger partial charge in [-0.2, -0.15) is 0 Å². The van der Waals surface area contributed by atoms with Gasteiger partial charge in [-0.05, 0) is 45.0 Å². The average Bonchev–Trinajstić information content (AvgIpc) is 2.34. The molecule has 1 fully saturated rings. The van der Waals surface area contributed by atoms with Crippen molar-refractivity contribution in [3.63, 3.8) is 0 Å². The minimum absolute atomic E-state index is 0.407. The number of nitrogens with zero attached hydrogens (tertiary/aromatic N) is 1. The van der Waals surface area contributed by atoms with Crippen LogP contribution >= 0.6 is 0 Å². The van der Waals surface area contributed by atoms with E-state index < -0.39 is 0 Å². The topological polar surface area (TPSA) is 38.5 Å². The number of rotatable bonds is 4. The van der Waals surface area contributed by atoms with E-state index in [2.05, 4.69) is 24.0 Å². The molecule has 0 bridgehead atoms. The highest BCUT2D eigenvalue weighted by Crippen LogP contribution is 2.12. The molecule has 0 amide bonds. The summed E-state index contributed by atoms with van der Waals surface area (Å²) in [4.78, 5) is 2.43. The third kappa shape index (κ3) is 4.02. The Morgan fingerprint density at radius 1 is 1.24 bits per heavy atom. The molecule has 1 aliphatic rings. The monoisotopic (exact) mass is 234 g/mol. The summed E-state index contributed by atoms with van der Waals surface area (Å²) in [6, 6.07) is 8.62. The molecule has 1 saturated heterocycles. The number of benzene rings is 1. The van der Waals surface area contributed by atoms with Crippen molar-refractivity contribution >= 4 is 0 Å². The molecule has 0 aliphatic carbocycles. The van der Waals surface area contributed by atoms with E-state index in [0.717, 1.165) is 44.8 Å². The van der Waals surface area contributed by atoms with Crippen LogP contribution in [0.1, 0.15) is 18.4 Å². The lowest BCUT2D eigenvalue weighted by Crippen LogP contribution is -2.41. The van der Waals surface area contributed by atoms with Gasteiger partial charge in [0.2, 0.25) is 0 Å². The maximum Gasteiger partial charge on any atom is 0.119 e. The van der Waals surface area contributed by atoms with Gasteiger partial charge in [0, 0.05) is 12.6 Å². The summed E-state index contributed by atoms with van der Waals surface area (Å²) in [6.45, 7) is 6.07. The van der Waals surface area contributed by atoms with Crippen molar-refractivity contribution in [1.29, 1.82) is 0 Å². The van der Waals surface area contributed by atoms with Gasteiger partial charge in [-0.3, -0.25) is 4.90 Å². The minimum Gasteiger partial charge on any atom is -0.492 e. The Morgan fingerprint density at radius 3 is 2.53 bits per heavy atom. The number of aryl methyl sites for hydroxylation is 1. The van der Waals surface area contributed by atoms with Crippen molar-refractivity contribution in [2.75, 3.05) is 26.2 Å². The Bertz CT molecular complexity index is 329. The Kier molecular flexibility index (Phi) is 4.40. The summed E-state index contributed by atoms with van der Waals surface area (Å²) in [5.41, 5.74) is 7.14. The van der Waals surface area contributed by atoms with Crippen molar-refractivity contribution < 1.29 is 4.74 Å². The van der Waals surface area contributed by atoms with Crippen LogP contribution in [-0.4, -0.2) is 37.2 Å². The van der Waals surface area contributed by atoms with Crippen LogP contribution in [-0.2, 0) is 0 Å². The van der Waals surface area contributed by atoms with E-state index in [1.54, 1.807) is 0 Å². The molecule has 2 rings (SSSR count). The van der Waals surface area contributed by atoms with E-state index in [9.17, 15) is 0 Å². The maximum absolute atomic E-state index is 5.87. The van der Waals surface area contributed by atoms with Crippen LogP contribution in [0.5, 0.6) is 5.75 Å². The number of piperidine rings is 1. The average molecular weight is 234 g/mol. The molecule has 0 radical (unpaired) electrons. The number of likely N-dealkylation sites (tertiary alicyclic amines) is 1. The molecule has 3 nitrogen and oxygen atoms in total. The fourth-order valence-electron chi connectivity index (χ4n) is 2.10. The van der Waals surface area contributed by atoms with Gasteiger partial charge in [0.15, 0.2) is 0 Å². The summed E-state index contributed by atoms with van der Waals surface area (Å²) >= 11 is 0. The second-order valence-electron chi connectivity index (χ2n) is 4.84. The summed E-state index contributed by atoms with van der Waals surface area (Å²) in [5, 5.41) is 0. The lowest BCUT2D eigenvalue weighted by molar-refractivity contribution is 0.174. The summed E-state index contributed by atoms with van der Waals surface area (Å²) in [5.74, 6) is 0.962. The summed E-state index contributed by atoms with van der Waals surface area (Å²) < 4.78 is 5.72. The van der Waals surface area contributed by atoms with E-state index >= 15 is 0 Å². The number of hydrogen-bond donors (Lipinski definition) is 1. The molecule has 94 valence electrons. The van der Waals surface area contributed by atoms with Gasteiger partial charge in [-0.25, -0.2) is 0 Å². The highest BCUT2D eigenvalue weighted by atomic mass is 16.5. The van der Waals surface area contributed by atoms with Crippen LogP contribution in [0, 0.1) is 6.92 Å². The lowest BCUT2D eigenvalue weighted by atomic mass is 10.1. The van der Waals surface area contributed by atoms with Crippen LogP contribution in [0.4, 0.5) is 0 Å². The first kappa shape index (κ1) is 12.4. The quantitative estimate of drug-likeness (QED) is 0.863. The molecule has 0 spiro atoms. The fourth-order valence-corrected chi connectivity index (χ4v) is 2.10. The van der Waals surface area contributed by atoms with E-state index in [-0.39, 0.29) is 0 Å². The van der Waals surface area contributed by atoms with Crippen LogP contribution in [0.25, 0.3) is 0 Å². The van der Waals surface area contributed by atoms with E-state index in [4.69, 9.17) is 10.5 Å². The lowest BCUT2D eigenvalue weighted by Gasteiger charge is -2.29. The van der Waals surface area contributed by atoms with Crippen molar-refractivity contribution in [2.24, 2.45) is 5.73 Å². The number of ether oxygens (including phenoxy) is 1. The van der Waals surface area contributed by atoms with Gasteiger partial charge < -0.3 is 10.5 Å². The first-order chi connectivity index (χ1) is 8.24. The number of hydrogen-bond acceptors (Lipinski definition) is 3. The Hall–Kier alpha value is -1.06. The van der Waals surface area contributed by atoms with Crippen molar-refractivity contribution in [1.82, 2.24) is 4.90 Å². The molecule has 1 aromatic rings. The predicted molar refractivity (Wildman–Crippen MR) is 70.3 cm³/mol.